The van der Waals surface area contributed by atoms with E-state index in [0.717, 1.165) is 5.56 Å². The Morgan fingerprint density at radius 2 is 1.61 bits per heavy atom. The molecule has 4 rings (SSSR count). The molecule has 142 valence electrons. The van der Waals surface area contributed by atoms with Gasteiger partial charge in [0.15, 0.2) is 0 Å². The van der Waals surface area contributed by atoms with E-state index in [0.29, 0.717) is 44.7 Å². The van der Waals surface area contributed by atoms with Gasteiger partial charge < -0.3 is 15.3 Å². The largest absolute Gasteiger partial charge is 0.439 e. The second kappa shape index (κ2) is 7.26. The highest BCUT2D eigenvalue weighted by Gasteiger charge is 2.26. The molecule has 1 atom stereocenters. The van der Waals surface area contributed by atoms with Gasteiger partial charge in [-0.15, -0.1) is 0 Å². The van der Waals surface area contributed by atoms with Crippen LogP contribution in [0.1, 0.15) is 42.8 Å². The van der Waals surface area contributed by atoms with Crippen molar-refractivity contribution >= 4 is 28.5 Å². The van der Waals surface area contributed by atoms with E-state index in [9.17, 15) is 5.11 Å². The lowest BCUT2D eigenvalue weighted by atomic mass is 9.95. The molecule has 0 aliphatic heterocycles. The van der Waals surface area contributed by atoms with Gasteiger partial charge in [0.05, 0.1) is 5.39 Å². The zero-order valence-electron chi connectivity index (χ0n) is 15.6. The van der Waals surface area contributed by atoms with E-state index in [1.54, 1.807) is 24.3 Å². The topological polar surface area (TPSA) is 85.2 Å². The van der Waals surface area contributed by atoms with Crippen molar-refractivity contribution in [1.82, 2.24) is 9.97 Å². The molecule has 2 heterocycles. The van der Waals surface area contributed by atoms with Crippen molar-refractivity contribution < 1.29 is 9.52 Å². The number of fused-ring (bicyclic) bond motifs is 1. The third kappa shape index (κ3) is 3.23. The van der Waals surface area contributed by atoms with Gasteiger partial charge in [0.2, 0.25) is 5.71 Å². The van der Waals surface area contributed by atoms with Gasteiger partial charge in [0.25, 0.3) is 0 Å². The van der Waals surface area contributed by atoms with E-state index >= 15 is 0 Å². The Hall–Kier alpha value is -2.89. The maximum atomic E-state index is 11.0. The molecule has 0 bridgehead atoms. The van der Waals surface area contributed by atoms with Crippen LogP contribution < -0.4 is 5.73 Å². The Balaban J connectivity index is 1.92. The zero-order chi connectivity index (χ0) is 19.8. The van der Waals surface area contributed by atoms with Crippen molar-refractivity contribution in [2.45, 2.75) is 25.9 Å². The van der Waals surface area contributed by atoms with Crippen LogP contribution in [-0.2, 0) is 0 Å². The highest BCUT2D eigenvalue weighted by atomic mass is 35.5. The van der Waals surface area contributed by atoms with Gasteiger partial charge in [-0.2, -0.15) is 0 Å². The minimum atomic E-state index is -0.995. The van der Waals surface area contributed by atoms with Crippen molar-refractivity contribution in [2.75, 3.05) is 5.73 Å². The molecular formula is C22H20ClN3O2. The van der Waals surface area contributed by atoms with Gasteiger partial charge in [-0.05, 0) is 34.7 Å². The van der Waals surface area contributed by atoms with Gasteiger partial charge in [-0.25, -0.2) is 9.97 Å². The average Bonchev–Trinajstić information content (AvgIpc) is 3.09. The maximum absolute atomic E-state index is 11.0. The second-order valence-corrected chi connectivity index (χ2v) is 7.45. The predicted octanol–water partition coefficient (Wildman–Crippen LogP) is 5.33. The summed E-state index contributed by atoms with van der Waals surface area (Å²) in [6, 6.07) is 15.1. The fraction of sp³-hybridized carbons (Fsp3) is 0.182. The van der Waals surface area contributed by atoms with Crippen LogP contribution in [0.5, 0.6) is 0 Å². The summed E-state index contributed by atoms with van der Waals surface area (Å²) >= 11 is 5.97. The molecule has 6 heteroatoms. The minimum Gasteiger partial charge on any atom is -0.439 e. The number of nitrogens with zero attached hydrogens (tertiary/aromatic N) is 2. The molecule has 0 fully saturated rings. The highest BCUT2D eigenvalue weighted by molar-refractivity contribution is 6.30. The van der Waals surface area contributed by atoms with Gasteiger partial charge in [-0.3, -0.25) is 0 Å². The Morgan fingerprint density at radius 1 is 0.964 bits per heavy atom. The summed E-state index contributed by atoms with van der Waals surface area (Å²) in [5.74, 6) is 1.11. The summed E-state index contributed by atoms with van der Waals surface area (Å²) < 4.78 is 5.94. The fourth-order valence-corrected chi connectivity index (χ4v) is 3.41. The normalized spacial score (nSPS) is 12.6. The van der Waals surface area contributed by atoms with E-state index in [2.05, 4.69) is 35.9 Å². The summed E-state index contributed by atoms with van der Waals surface area (Å²) in [5.41, 5.74) is 9.95. The molecule has 0 aliphatic carbocycles. The molecule has 1 unspecified atom stereocenters. The van der Waals surface area contributed by atoms with Gasteiger partial charge in [0.1, 0.15) is 24.0 Å². The van der Waals surface area contributed by atoms with Crippen LogP contribution in [0.4, 0.5) is 5.82 Å². The predicted molar refractivity (Wildman–Crippen MR) is 111 cm³/mol. The monoisotopic (exact) mass is 393 g/mol. The molecule has 2 aromatic heterocycles. The first-order valence-electron chi connectivity index (χ1n) is 9.02. The van der Waals surface area contributed by atoms with Gasteiger partial charge >= 0.3 is 0 Å². The molecule has 0 saturated heterocycles. The summed E-state index contributed by atoms with van der Waals surface area (Å²) in [6.07, 6.45) is 0.358. The quantitative estimate of drug-likeness (QED) is 0.489. The molecule has 0 aliphatic rings. The highest BCUT2D eigenvalue weighted by Crippen LogP contribution is 2.41. The molecule has 28 heavy (non-hydrogen) atoms. The summed E-state index contributed by atoms with van der Waals surface area (Å²) in [5, 5.41) is 12.2. The smallest absolute Gasteiger partial charge is 0.232 e. The summed E-state index contributed by atoms with van der Waals surface area (Å²) in [7, 11) is 0. The Bertz CT molecular complexity index is 1120. The molecule has 0 spiro atoms. The van der Waals surface area contributed by atoms with Crippen LogP contribution in [0.3, 0.4) is 0 Å². The number of furan rings is 1. The molecule has 0 amide bonds. The number of hydrogen-bond donors (Lipinski definition) is 2. The van der Waals surface area contributed by atoms with Crippen molar-refractivity contribution in [2.24, 2.45) is 0 Å². The minimum absolute atomic E-state index is 0.311. The third-order valence-electron chi connectivity index (χ3n) is 4.84. The standard InChI is InChI=1S/C22H20ClN3O2/c1-12(2)13-3-5-14(6-4-13)17-18-21(24)25-11-26-22(18)28-20(17)19(27)15-7-9-16(23)10-8-15/h3-12,19,27H,1-2H3,(H2,24,25,26). The Labute approximate surface area is 167 Å². The van der Waals surface area contributed by atoms with Crippen LogP contribution in [-0.4, -0.2) is 15.1 Å². The zero-order valence-corrected chi connectivity index (χ0v) is 16.3. The molecule has 0 saturated carbocycles. The van der Waals surface area contributed by atoms with Crippen LogP contribution in [0.2, 0.25) is 5.02 Å². The number of rotatable bonds is 4. The van der Waals surface area contributed by atoms with Crippen LogP contribution >= 0.6 is 11.6 Å². The van der Waals surface area contributed by atoms with Gasteiger partial charge in [0, 0.05) is 10.6 Å². The van der Waals surface area contributed by atoms with E-state index in [4.69, 9.17) is 21.8 Å². The van der Waals surface area contributed by atoms with Gasteiger partial charge in [-0.1, -0.05) is 61.8 Å². The first kappa shape index (κ1) is 18.5. The number of benzene rings is 2. The molecule has 4 aromatic rings. The van der Waals surface area contributed by atoms with E-state index in [1.165, 1.54) is 11.9 Å². The van der Waals surface area contributed by atoms with Crippen LogP contribution in [0.25, 0.3) is 22.2 Å². The molecule has 2 aromatic carbocycles. The van der Waals surface area contributed by atoms with E-state index in [-0.39, 0.29) is 0 Å². The van der Waals surface area contributed by atoms with Crippen molar-refractivity contribution in [3.8, 4) is 11.1 Å². The average molecular weight is 394 g/mol. The second-order valence-electron chi connectivity index (χ2n) is 7.01. The van der Waals surface area contributed by atoms with Crippen LogP contribution in [0, 0.1) is 0 Å². The van der Waals surface area contributed by atoms with E-state index in [1.807, 2.05) is 12.1 Å². The van der Waals surface area contributed by atoms with Crippen molar-refractivity contribution in [3.63, 3.8) is 0 Å². The van der Waals surface area contributed by atoms with Crippen LogP contribution in [0.15, 0.2) is 59.3 Å². The first-order valence-corrected chi connectivity index (χ1v) is 9.40. The third-order valence-corrected chi connectivity index (χ3v) is 5.10. The Morgan fingerprint density at radius 3 is 2.25 bits per heavy atom. The first-order chi connectivity index (χ1) is 13.5. The SMILES string of the molecule is CC(C)c1ccc(-c2c(C(O)c3ccc(Cl)cc3)oc3ncnc(N)c23)cc1. The number of anilines is 1. The number of hydrogen-bond acceptors (Lipinski definition) is 5. The number of aliphatic hydroxyl groups excluding tert-OH is 1. The molecule has 3 N–H and O–H groups in total. The lowest BCUT2D eigenvalue weighted by Gasteiger charge is -2.12. The summed E-state index contributed by atoms with van der Waals surface area (Å²) in [4.78, 5) is 8.30. The van der Waals surface area contributed by atoms with E-state index < -0.39 is 6.10 Å². The number of nitrogen functional groups attached to an aromatic ring is 1. The molecule has 5 nitrogen and oxygen atoms in total. The number of nitrogens with two attached hydrogens (primary N) is 1. The van der Waals surface area contributed by atoms with Crippen molar-refractivity contribution in [1.29, 1.82) is 0 Å². The lowest BCUT2D eigenvalue weighted by molar-refractivity contribution is 0.192. The lowest BCUT2D eigenvalue weighted by Crippen LogP contribution is -2.00. The fourth-order valence-electron chi connectivity index (χ4n) is 3.28. The maximum Gasteiger partial charge on any atom is 0.232 e. The Kier molecular flexibility index (Phi) is 4.79. The van der Waals surface area contributed by atoms with Crippen molar-refractivity contribution in [3.05, 3.63) is 76.8 Å². The number of aromatic nitrogens is 2. The molecular weight excluding hydrogens is 374 g/mol. The summed E-state index contributed by atoms with van der Waals surface area (Å²) in [6.45, 7) is 4.29. The molecule has 0 radical (unpaired) electrons. The number of halogens is 1. The number of aliphatic hydroxyl groups is 1.